The molecule has 0 saturated heterocycles. The molecule has 2 N–H and O–H groups in total. The summed E-state index contributed by atoms with van der Waals surface area (Å²) in [7, 11) is 0. The molecule has 0 saturated carbocycles. The summed E-state index contributed by atoms with van der Waals surface area (Å²) in [4.78, 5) is 0. The standard InChI is InChI=1S/C25H36N2O4/c1-21-20-23(12-15-25(21)31-19-9-5-3-7-17-29)27-26-22-10-13-24(14-11-22)30-18-8-4-2-6-16-28/h10-15,20,28-29H,2-9,16-19H2,1H3/b27-26-. The monoisotopic (exact) mass is 428 g/mol. The third-order valence-corrected chi connectivity index (χ3v) is 4.91. The van der Waals surface area contributed by atoms with Crippen molar-refractivity contribution in [3.05, 3.63) is 48.0 Å². The third-order valence-electron chi connectivity index (χ3n) is 4.91. The Balaban J connectivity index is 1.75. The van der Waals surface area contributed by atoms with Gasteiger partial charge in [0.15, 0.2) is 0 Å². The van der Waals surface area contributed by atoms with Crippen molar-refractivity contribution in [2.24, 2.45) is 10.2 Å². The van der Waals surface area contributed by atoms with E-state index in [0.717, 1.165) is 79.8 Å². The lowest BCUT2D eigenvalue weighted by molar-refractivity contribution is 0.273. The van der Waals surface area contributed by atoms with E-state index in [4.69, 9.17) is 19.7 Å². The Morgan fingerprint density at radius 1 is 0.645 bits per heavy atom. The highest BCUT2D eigenvalue weighted by atomic mass is 16.5. The lowest BCUT2D eigenvalue weighted by atomic mass is 10.2. The van der Waals surface area contributed by atoms with Crippen molar-refractivity contribution in [1.29, 1.82) is 0 Å². The van der Waals surface area contributed by atoms with Crippen LogP contribution in [0.4, 0.5) is 11.4 Å². The van der Waals surface area contributed by atoms with Crippen molar-refractivity contribution >= 4 is 11.4 Å². The van der Waals surface area contributed by atoms with Gasteiger partial charge in [-0.2, -0.15) is 10.2 Å². The summed E-state index contributed by atoms with van der Waals surface area (Å²) in [6.45, 7) is 3.91. The van der Waals surface area contributed by atoms with E-state index in [1.54, 1.807) is 0 Å². The molecule has 0 unspecified atom stereocenters. The Morgan fingerprint density at radius 3 is 1.81 bits per heavy atom. The van der Waals surface area contributed by atoms with E-state index < -0.39 is 0 Å². The number of nitrogens with zero attached hydrogens (tertiary/aromatic N) is 2. The zero-order chi connectivity index (χ0) is 22.2. The highest BCUT2D eigenvalue weighted by Gasteiger charge is 2.02. The van der Waals surface area contributed by atoms with Gasteiger partial charge in [-0.1, -0.05) is 12.8 Å². The van der Waals surface area contributed by atoms with E-state index in [-0.39, 0.29) is 13.2 Å². The molecule has 31 heavy (non-hydrogen) atoms. The molecule has 0 aliphatic heterocycles. The lowest BCUT2D eigenvalue weighted by Gasteiger charge is -2.09. The first-order chi connectivity index (χ1) is 15.2. The summed E-state index contributed by atoms with van der Waals surface area (Å²) in [6.07, 6.45) is 7.92. The molecule has 2 aromatic rings. The fourth-order valence-corrected chi connectivity index (χ4v) is 3.09. The minimum Gasteiger partial charge on any atom is -0.494 e. The molecule has 0 radical (unpaired) electrons. The van der Waals surface area contributed by atoms with Gasteiger partial charge in [-0.3, -0.25) is 0 Å². The smallest absolute Gasteiger partial charge is 0.122 e. The van der Waals surface area contributed by atoms with Gasteiger partial charge in [-0.25, -0.2) is 0 Å². The first-order valence-corrected chi connectivity index (χ1v) is 11.3. The molecule has 0 atom stereocenters. The number of azo groups is 1. The second-order valence-electron chi connectivity index (χ2n) is 7.62. The molecule has 170 valence electrons. The molecule has 0 fully saturated rings. The number of rotatable bonds is 16. The van der Waals surface area contributed by atoms with Gasteiger partial charge >= 0.3 is 0 Å². The van der Waals surface area contributed by atoms with E-state index >= 15 is 0 Å². The van der Waals surface area contributed by atoms with Crippen LogP contribution in [0.5, 0.6) is 11.5 Å². The maximum absolute atomic E-state index is 8.79. The molecule has 0 aliphatic carbocycles. The first-order valence-electron chi connectivity index (χ1n) is 11.3. The number of aliphatic hydroxyl groups is 2. The molecule has 0 heterocycles. The number of aryl methyl sites for hydroxylation is 1. The maximum Gasteiger partial charge on any atom is 0.122 e. The van der Waals surface area contributed by atoms with Crippen LogP contribution in [-0.2, 0) is 0 Å². The van der Waals surface area contributed by atoms with Crippen LogP contribution in [0.3, 0.4) is 0 Å². The zero-order valence-electron chi connectivity index (χ0n) is 18.6. The molecule has 0 aromatic heterocycles. The average Bonchev–Trinajstić information content (AvgIpc) is 2.79. The quantitative estimate of drug-likeness (QED) is 0.244. The minimum absolute atomic E-state index is 0.265. The molecule has 0 aliphatic rings. The Hall–Kier alpha value is -2.44. The van der Waals surface area contributed by atoms with Crippen LogP contribution >= 0.6 is 0 Å². The topological polar surface area (TPSA) is 83.6 Å². The predicted molar refractivity (Wildman–Crippen MR) is 124 cm³/mol. The second-order valence-corrected chi connectivity index (χ2v) is 7.62. The van der Waals surface area contributed by atoms with Crippen molar-refractivity contribution in [3.63, 3.8) is 0 Å². The Kier molecular flexibility index (Phi) is 12.3. The van der Waals surface area contributed by atoms with Crippen LogP contribution in [0.1, 0.15) is 56.9 Å². The van der Waals surface area contributed by atoms with Gasteiger partial charge in [-0.15, -0.1) is 0 Å². The van der Waals surface area contributed by atoms with Crippen LogP contribution in [-0.4, -0.2) is 36.6 Å². The van der Waals surface area contributed by atoms with Crippen LogP contribution < -0.4 is 9.47 Å². The predicted octanol–water partition coefficient (Wildman–Crippen LogP) is 6.27. The van der Waals surface area contributed by atoms with E-state index in [0.29, 0.717) is 13.2 Å². The molecule has 2 aromatic carbocycles. The fraction of sp³-hybridized carbons (Fsp3) is 0.520. The van der Waals surface area contributed by atoms with Gasteiger partial charge < -0.3 is 19.7 Å². The Morgan fingerprint density at radius 2 is 1.19 bits per heavy atom. The van der Waals surface area contributed by atoms with Crippen molar-refractivity contribution in [1.82, 2.24) is 0 Å². The summed E-state index contributed by atoms with van der Waals surface area (Å²) in [6, 6.07) is 13.4. The van der Waals surface area contributed by atoms with Gasteiger partial charge in [0.2, 0.25) is 0 Å². The summed E-state index contributed by atoms with van der Waals surface area (Å²) < 4.78 is 11.6. The highest BCUT2D eigenvalue weighted by molar-refractivity contribution is 5.47. The normalized spacial score (nSPS) is 11.2. The van der Waals surface area contributed by atoms with E-state index in [1.807, 2.05) is 49.4 Å². The molecule has 6 heteroatoms. The van der Waals surface area contributed by atoms with Crippen LogP contribution in [0.25, 0.3) is 0 Å². The van der Waals surface area contributed by atoms with E-state index in [1.165, 1.54) is 0 Å². The van der Waals surface area contributed by atoms with Crippen LogP contribution in [0, 0.1) is 6.92 Å². The lowest BCUT2D eigenvalue weighted by Crippen LogP contribution is -1.99. The van der Waals surface area contributed by atoms with Crippen molar-refractivity contribution in [2.75, 3.05) is 26.4 Å². The molecule has 0 spiro atoms. The van der Waals surface area contributed by atoms with Crippen molar-refractivity contribution < 1.29 is 19.7 Å². The SMILES string of the molecule is Cc1cc(/N=N\c2ccc(OCCCCCCO)cc2)ccc1OCCCCCCO. The number of hydrogen-bond acceptors (Lipinski definition) is 6. The number of hydrogen-bond donors (Lipinski definition) is 2. The van der Waals surface area contributed by atoms with E-state index in [9.17, 15) is 0 Å². The molecular weight excluding hydrogens is 392 g/mol. The second kappa shape index (κ2) is 15.4. The van der Waals surface area contributed by atoms with Crippen molar-refractivity contribution in [3.8, 4) is 11.5 Å². The van der Waals surface area contributed by atoms with Gasteiger partial charge in [0.05, 0.1) is 24.6 Å². The first kappa shape index (κ1) is 24.8. The highest BCUT2D eigenvalue weighted by Crippen LogP contribution is 2.26. The van der Waals surface area contributed by atoms with Crippen LogP contribution in [0.15, 0.2) is 52.7 Å². The average molecular weight is 429 g/mol. The summed E-state index contributed by atoms with van der Waals surface area (Å²) in [5.41, 5.74) is 2.60. The van der Waals surface area contributed by atoms with Gasteiger partial charge in [0, 0.05) is 13.2 Å². The third kappa shape index (κ3) is 10.4. The summed E-state index contributed by atoms with van der Waals surface area (Å²) in [5.74, 6) is 1.70. The molecule has 2 rings (SSSR count). The number of unbranched alkanes of at least 4 members (excludes halogenated alkanes) is 6. The largest absolute Gasteiger partial charge is 0.494 e. The van der Waals surface area contributed by atoms with Crippen molar-refractivity contribution in [2.45, 2.75) is 58.3 Å². The molecule has 0 amide bonds. The zero-order valence-corrected chi connectivity index (χ0v) is 18.6. The van der Waals surface area contributed by atoms with Crippen LogP contribution in [0.2, 0.25) is 0 Å². The van der Waals surface area contributed by atoms with Gasteiger partial charge in [-0.05, 0) is 93.5 Å². The number of aliphatic hydroxyl groups excluding tert-OH is 2. The summed E-state index contributed by atoms with van der Waals surface area (Å²) in [5, 5.41) is 26.2. The Labute approximate surface area is 185 Å². The van der Waals surface area contributed by atoms with Gasteiger partial charge in [0.25, 0.3) is 0 Å². The minimum atomic E-state index is 0.265. The van der Waals surface area contributed by atoms with Gasteiger partial charge in [0.1, 0.15) is 11.5 Å². The molecular formula is C25H36N2O4. The fourth-order valence-electron chi connectivity index (χ4n) is 3.09. The maximum atomic E-state index is 8.79. The van der Waals surface area contributed by atoms with E-state index in [2.05, 4.69) is 10.2 Å². The molecule has 6 nitrogen and oxygen atoms in total. The summed E-state index contributed by atoms with van der Waals surface area (Å²) >= 11 is 0. The Bertz CT molecular complexity index is 763. The number of ether oxygens (including phenoxy) is 2. The molecule has 0 bridgehead atoms. The number of benzene rings is 2.